The van der Waals surface area contributed by atoms with Gasteiger partial charge in [0.1, 0.15) is 11.5 Å². The molecule has 5 nitrogen and oxygen atoms in total. The number of hydrogen-bond acceptors (Lipinski definition) is 5. The van der Waals surface area contributed by atoms with Gasteiger partial charge >= 0.3 is 0 Å². The van der Waals surface area contributed by atoms with Crippen LogP contribution in [0, 0.1) is 6.92 Å². The first-order chi connectivity index (χ1) is 14.1. The summed E-state index contributed by atoms with van der Waals surface area (Å²) in [5.74, 6) is 0.960. The fourth-order valence-electron chi connectivity index (χ4n) is 3.23. The molecule has 2 aromatic carbocycles. The Morgan fingerprint density at radius 1 is 1.00 bits per heavy atom. The van der Waals surface area contributed by atoms with E-state index in [1.165, 1.54) is 23.8 Å². The van der Waals surface area contributed by atoms with Crippen molar-refractivity contribution in [1.82, 2.24) is 0 Å². The summed E-state index contributed by atoms with van der Waals surface area (Å²) in [6, 6.07) is 18.3. The van der Waals surface area contributed by atoms with Gasteiger partial charge in [0.15, 0.2) is 0 Å². The van der Waals surface area contributed by atoms with E-state index in [-0.39, 0.29) is 11.8 Å². The van der Waals surface area contributed by atoms with Crippen molar-refractivity contribution in [2.75, 3.05) is 12.0 Å². The SMILES string of the molecule is COc1ccc(C)cc1N1C(=O)C(SCc2ccco2)=C(c2ccccc2)C1=O. The molecule has 0 aliphatic carbocycles. The molecule has 0 unspecified atom stereocenters. The second-order valence-electron chi connectivity index (χ2n) is 6.56. The van der Waals surface area contributed by atoms with E-state index >= 15 is 0 Å². The third-order valence-electron chi connectivity index (χ3n) is 4.62. The molecule has 0 spiro atoms. The lowest BCUT2D eigenvalue weighted by Crippen LogP contribution is -2.31. The van der Waals surface area contributed by atoms with Crippen LogP contribution in [0.25, 0.3) is 5.57 Å². The Morgan fingerprint density at radius 3 is 2.48 bits per heavy atom. The molecule has 1 aliphatic heterocycles. The van der Waals surface area contributed by atoms with Crippen molar-refractivity contribution < 1.29 is 18.7 Å². The zero-order valence-corrected chi connectivity index (χ0v) is 16.9. The molecule has 1 aliphatic rings. The number of anilines is 1. The summed E-state index contributed by atoms with van der Waals surface area (Å²) < 4.78 is 10.8. The zero-order chi connectivity index (χ0) is 20.4. The molecule has 0 radical (unpaired) electrons. The number of carbonyl (C=O) groups excluding carboxylic acids is 2. The molecule has 6 heteroatoms. The van der Waals surface area contributed by atoms with Crippen LogP contribution in [-0.4, -0.2) is 18.9 Å². The number of rotatable bonds is 6. The monoisotopic (exact) mass is 405 g/mol. The first-order valence-corrected chi connectivity index (χ1v) is 10.1. The smallest absolute Gasteiger partial charge is 0.272 e. The summed E-state index contributed by atoms with van der Waals surface area (Å²) >= 11 is 1.31. The van der Waals surface area contributed by atoms with E-state index in [4.69, 9.17) is 9.15 Å². The first-order valence-electron chi connectivity index (χ1n) is 9.08. The van der Waals surface area contributed by atoms with Crippen LogP contribution in [0.5, 0.6) is 5.75 Å². The Labute approximate surface area is 173 Å². The maximum atomic E-state index is 13.4. The van der Waals surface area contributed by atoms with E-state index in [1.54, 1.807) is 24.5 Å². The summed E-state index contributed by atoms with van der Waals surface area (Å²) in [7, 11) is 1.53. The van der Waals surface area contributed by atoms with Gasteiger partial charge in [0.2, 0.25) is 0 Å². The van der Waals surface area contributed by atoms with E-state index in [0.717, 1.165) is 11.3 Å². The Morgan fingerprint density at radius 2 is 1.79 bits per heavy atom. The fraction of sp³-hybridized carbons (Fsp3) is 0.130. The molecule has 2 heterocycles. The lowest BCUT2D eigenvalue weighted by Gasteiger charge is -2.19. The molecule has 0 saturated carbocycles. The summed E-state index contributed by atoms with van der Waals surface area (Å²) in [5, 5.41) is 0. The minimum Gasteiger partial charge on any atom is -0.495 e. The van der Waals surface area contributed by atoms with Crippen LogP contribution in [-0.2, 0) is 15.3 Å². The van der Waals surface area contributed by atoms with Gasteiger partial charge in [0.05, 0.1) is 35.3 Å². The number of aryl methyl sites for hydroxylation is 1. The maximum Gasteiger partial charge on any atom is 0.272 e. The number of thioether (sulfide) groups is 1. The fourth-order valence-corrected chi connectivity index (χ4v) is 4.25. The summed E-state index contributed by atoms with van der Waals surface area (Å²) in [6.45, 7) is 1.91. The third-order valence-corrected chi connectivity index (χ3v) is 5.71. The predicted molar refractivity (Wildman–Crippen MR) is 114 cm³/mol. The van der Waals surface area contributed by atoms with E-state index in [9.17, 15) is 9.59 Å². The van der Waals surface area contributed by atoms with Gasteiger partial charge in [-0.1, -0.05) is 36.4 Å². The Bertz CT molecular complexity index is 1090. The second-order valence-corrected chi connectivity index (χ2v) is 7.54. The highest BCUT2D eigenvalue weighted by atomic mass is 32.2. The molecule has 1 aromatic heterocycles. The molecule has 0 bridgehead atoms. The summed E-state index contributed by atoms with van der Waals surface area (Å²) in [4.78, 5) is 28.4. The Balaban J connectivity index is 1.78. The van der Waals surface area contributed by atoms with Crippen LogP contribution in [0.4, 0.5) is 5.69 Å². The van der Waals surface area contributed by atoms with Crippen molar-refractivity contribution in [3.63, 3.8) is 0 Å². The van der Waals surface area contributed by atoms with Gasteiger partial charge < -0.3 is 9.15 Å². The Hall–Kier alpha value is -3.25. The number of furan rings is 1. The van der Waals surface area contributed by atoms with Crippen molar-refractivity contribution in [1.29, 1.82) is 0 Å². The van der Waals surface area contributed by atoms with Crippen LogP contribution in [0.15, 0.2) is 76.2 Å². The van der Waals surface area contributed by atoms with Crippen LogP contribution in [0.1, 0.15) is 16.9 Å². The number of nitrogens with zero attached hydrogens (tertiary/aromatic N) is 1. The molecule has 3 aromatic rings. The number of carbonyl (C=O) groups is 2. The lowest BCUT2D eigenvalue weighted by molar-refractivity contribution is -0.119. The number of hydrogen-bond donors (Lipinski definition) is 0. The highest BCUT2D eigenvalue weighted by Gasteiger charge is 2.41. The highest BCUT2D eigenvalue weighted by molar-refractivity contribution is 8.03. The minimum atomic E-state index is -0.355. The van der Waals surface area contributed by atoms with Gasteiger partial charge in [-0.05, 0) is 42.3 Å². The maximum absolute atomic E-state index is 13.4. The van der Waals surface area contributed by atoms with Gasteiger partial charge in [0.25, 0.3) is 11.8 Å². The van der Waals surface area contributed by atoms with Crippen LogP contribution >= 0.6 is 11.8 Å². The summed E-state index contributed by atoms with van der Waals surface area (Å²) in [5.41, 5.74) is 2.49. The lowest BCUT2D eigenvalue weighted by atomic mass is 10.1. The number of amides is 2. The molecule has 146 valence electrons. The molecule has 4 rings (SSSR count). The van der Waals surface area contributed by atoms with Crippen molar-refractivity contribution in [3.8, 4) is 5.75 Å². The van der Waals surface area contributed by atoms with E-state index in [1.807, 2.05) is 49.4 Å². The largest absolute Gasteiger partial charge is 0.495 e. The van der Waals surface area contributed by atoms with Gasteiger partial charge in [-0.3, -0.25) is 9.59 Å². The van der Waals surface area contributed by atoms with E-state index < -0.39 is 0 Å². The van der Waals surface area contributed by atoms with Crippen molar-refractivity contribution in [2.24, 2.45) is 0 Å². The predicted octanol–water partition coefficient (Wildman–Crippen LogP) is 4.81. The number of ether oxygens (including phenoxy) is 1. The second kappa shape index (κ2) is 8.01. The van der Waals surface area contributed by atoms with Crippen LogP contribution in [0.3, 0.4) is 0 Å². The molecule has 0 fully saturated rings. The molecule has 2 amide bonds. The standard InChI is InChI=1S/C23H19NO4S/c1-15-10-11-19(27-2)18(13-15)24-22(25)20(16-7-4-3-5-8-16)21(23(24)26)29-14-17-9-6-12-28-17/h3-13H,14H2,1-2H3. The molecule has 0 N–H and O–H groups in total. The van der Waals surface area contributed by atoms with E-state index in [0.29, 0.717) is 33.2 Å². The van der Waals surface area contributed by atoms with Crippen LogP contribution in [0.2, 0.25) is 0 Å². The van der Waals surface area contributed by atoms with Gasteiger partial charge in [-0.2, -0.15) is 0 Å². The normalized spacial score (nSPS) is 14.1. The molecule has 29 heavy (non-hydrogen) atoms. The third kappa shape index (κ3) is 3.59. The minimum absolute atomic E-state index is 0.352. The Kier molecular flexibility index (Phi) is 5.27. The number of imide groups is 1. The van der Waals surface area contributed by atoms with Crippen molar-refractivity contribution in [2.45, 2.75) is 12.7 Å². The van der Waals surface area contributed by atoms with Gasteiger partial charge in [-0.15, -0.1) is 11.8 Å². The van der Waals surface area contributed by atoms with Gasteiger partial charge in [-0.25, -0.2) is 4.90 Å². The van der Waals surface area contributed by atoms with Crippen molar-refractivity contribution >= 4 is 34.8 Å². The quantitative estimate of drug-likeness (QED) is 0.551. The molecule has 0 saturated heterocycles. The molecular weight excluding hydrogens is 386 g/mol. The number of methoxy groups -OCH3 is 1. The van der Waals surface area contributed by atoms with Crippen LogP contribution < -0.4 is 9.64 Å². The van der Waals surface area contributed by atoms with Gasteiger partial charge in [0, 0.05) is 0 Å². The average Bonchev–Trinajstić information content (AvgIpc) is 3.33. The van der Waals surface area contributed by atoms with E-state index in [2.05, 4.69) is 0 Å². The molecule has 0 atom stereocenters. The highest BCUT2D eigenvalue weighted by Crippen LogP contribution is 2.42. The first kappa shape index (κ1) is 19.1. The zero-order valence-electron chi connectivity index (χ0n) is 16.0. The average molecular weight is 405 g/mol. The molecular formula is C23H19NO4S. The van der Waals surface area contributed by atoms with Crippen molar-refractivity contribution in [3.05, 3.63) is 88.7 Å². The topological polar surface area (TPSA) is 59.8 Å². The number of benzene rings is 2. The summed E-state index contributed by atoms with van der Waals surface area (Å²) in [6.07, 6.45) is 1.59.